The predicted octanol–water partition coefficient (Wildman–Crippen LogP) is 2.38. The molecule has 1 saturated carbocycles. The van der Waals surface area contributed by atoms with Gasteiger partial charge in [-0.3, -0.25) is 19.3 Å². The summed E-state index contributed by atoms with van der Waals surface area (Å²) in [6.07, 6.45) is 6.77. The Balaban J connectivity index is 1.95. The Hall–Kier alpha value is -2.88. The van der Waals surface area contributed by atoms with Gasteiger partial charge in [0.2, 0.25) is 0 Å². The van der Waals surface area contributed by atoms with Gasteiger partial charge in [-0.2, -0.15) is 5.26 Å². The molecule has 7 nitrogen and oxygen atoms in total. The molecule has 1 aromatic rings. The molecule has 1 atom stereocenters. The van der Waals surface area contributed by atoms with Crippen LogP contribution in [0.4, 0.5) is 0 Å². The van der Waals surface area contributed by atoms with Gasteiger partial charge in [-0.05, 0) is 44.2 Å². The van der Waals surface area contributed by atoms with Gasteiger partial charge in [-0.25, -0.2) is 0 Å². The van der Waals surface area contributed by atoms with Crippen LogP contribution >= 0.6 is 0 Å². The summed E-state index contributed by atoms with van der Waals surface area (Å²) in [6, 6.07) is 7.50. The van der Waals surface area contributed by atoms with Crippen molar-refractivity contribution in [2.45, 2.75) is 57.1 Å². The van der Waals surface area contributed by atoms with Crippen LogP contribution in [0.3, 0.4) is 0 Å². The molecule has 0 spiro atoms. The lowest BCUT2D eigenvalue weighted by molar-refractivity contribution is -0.150. The van der Waals surface area contributed by atoms with Crippen molar-refractivity contribution in [1.29, 1.82) is 5.26 Å². The second kappa shape index (κ2) is 10.3. The van der Waals surface area contributed by atoms with Gasteiger partial charge in [0.1, 0.15) is 12.1 Å². The van der Waals surface area contributed by atoms with Crippen molar-refractivity contribution in [3.8, 4) is 6.19 Å². The van der Waals surface area contributed by atoms with Crippen molar-refractivity contribution >= 4 is 17.8 Å². The molecule has 2 rings (SSSR count). The summed E-state index contributed by atoms with van der Waals surface area (Å²) in [4.78, 5) is 37.7. The van der Waals surface area contributed by atoms with E-state index in [1.54, 1.807) is 36.5 Å². The minimum atomic E-state index is -0.971. The minimum Gasteiger partial charge on any atom is -0.462 e. The highest BCUT2D eigenvalue weighted by Gasteiger charge is 2.26. The topological polar surface area (TPSA) is 99.5 Å². The van der Waals surface area contributed by atoms with Crippen LogP contribution in [-0.4, -0.2) is 41.9 Å². The van der Waals surface area contributed by atoms with E-state index in [0.29, 0.717) is 5.56 Å². The minimum absolute atomic E-state index is 0.00124. The average Bonchev–Trinajstić information content (AvgIpc) is 2.71. The number of nitriles is 1. The van der Waals surface area contributed by atoms with E-state index in [2.05, 4.69) is 5.32 Å². The number of hydrogen-bond acceptors (Lipinski definition) is 5. The third kappa shape index (κ3) is 6.41. The number of rotatable bonds is 7. The molecule has 2 amide bonds. The number of esters is 1. The summed E-state index contributed by atoms with van der Waals surface area (Å²) in [5.41, 5.74) is 0.402. The molecular weight excluding hydrogens is 346 g/mol. The molecular formula is C20H25N3O4. The summed E-state index contributed by atoms with van der Waals surface area (Å²) in [6.45, 7) is 0. The zero-order valence-corrected chi connectivity index (χ0v) is 15.5. The van der Waals surface area contributed by atoms with E-state index in [1.165, 1.54) is 7.05 Å². The van der Waals surface area contributed by atoms with Crippen LogP contribution in [0.25, 0.3) is 0 Å². The van der Waals surface area contributed by atoms with E-state index in [9.17, 15) is 14.4 Å². The van der Waals surface area contributed by atoms with Crippen LogP contribution in [0.15, 0.2) is 30.3 Å². The fourth-order valence-corrected chi connectivity index (χ4v) is 3.06. The number of amides is 2. The molecule has 27 heavy (non-hydrogen) atoms. The van der Waals surface area contributed by atoms with Gasteiger partial charge in [0.15, 0.2) is 6.19 Å². The van der Waals surface area contributed by atoms with E-state index < -0.39 is 17.9 Å². The Labute approximate surface area is 159 Å². The lowest BCUT2D eigenvalue weighted by Crippen LogP contribution is -2.46. The monoisotopic (exact) mass is 371 g/mol. The molecule has 0 bridgehead atoms. The van der Waals surface area contributed by atoms with E-state index >= 15 is 0 Å². The molecule has 1 fully saturated rings. The van der Waals surface area contributed by atoms with Crippen LogP contribution in [0.1, 0.15) is 55.3 Å². The Bertz CT molecular complexity index is 693. The summed E-state index contributed by atoms with van der Waals surface area (Å²) in [5, 5.41) is 11.6. The normalized spacial score (nSPS) is 15.3. The van der Waals surface area contributed by atoms with Gasteiger partial charge >= 0.3 is 5.97 Å². The van der Waals surface area contributed by atoms with Crippen molar-refractivity contribution < 1.29 is 19.1 Å². The molecule has 1 aliphatic carbocycles. The third-order valence-corrected chi connectivity index (χ3v) is 4.61. The van der Waals surface area contributed by atoms with Crippen molar-refractivity contribution in [3.05, 3.63) is 35.9 Å². The van der Waals surface area contributed by atoms with Crippen LogP contribution in [-0.2, 0) is 14.3 Å². The highest BCUT2D eigenvalue weighted by Crippen LogP contribution is 2.21. The fourth-order valence-electron chi connectivity index (χ4n) is 3.06. The number of hydrogen-bond donors (Lipinski definition) is 1. The third-order valence-electron chi connectivity index (χ3n) is 4.61. The lowest BCUT2D eigenvalue weighted by Gasteiger charge is -2.23. The van der Waals surface area contributed by atoms with Gasteiger partial charge in [-0.15, -0.1) is 0 Å². The van der Waals surface area contributed by atoms with Gasteiger partial charge in [-0.1, -0.05) is 24.6 Å². The van der Waals surface area contributed by atoms with Gasteiger partial charge in [0.05, 0.1) is 0 Å². The molecule has 0 saturated heterocycles. The van der Waals surface area contributed by atoms with Crippen LogP contribution in [0.5, 0.6) is 0 Å². The Kier molecular flexibility index (Phi) is 7.80. The van der Waals surface area contributed by atoms with Crippen molar-refractivity contribution in [2.75, 3.05) is 7.05 Å². The number of nitrogens with zero attached hydrogens (tertiary/aromatic N) is 2. The second-order valence-electron chi connectivity index (χ2n) is 6.68. The number of carbonyl (C=O) groups excluding carboxylic acids is 3. The van der Waals surface area contributed by atoms with E-state index in [0.717, 1.165) is 37.0 Å². The SMILES string of the molecule is CN(C#N)C(=O)[C@H](CCC(=O)OC1CCCCC1)NC(=O)c1ccccc1. The lowest BCUT2D eigenvalue weighted by atomic mass is 9.98. The van der Waals surface area contributed by atoms with E-state index in [4.69, 9.17) is 10.00 Å². The van der Waals surface area contributed by atoms with Crippen molar-refractivity contribution in [2.24, 2.45) is 0 Å². The summed E-state index contributed by atoms with van der Waals surface area (Å²) >= 11 is 0. The molecule has 7 heteroatoms. The number of likely N-dealkylation sites (N-methyl/N-ethyl adjacent to an activating group) is 1. The Morgan fingerprint density at radius 1 is 1.22 bits per heavy atom. The molecule has 1 aliphatic rings. The second-order valence-corrected chi connectivity index (χ2v) is 6.68. The molecule has 144 valence electrons. The average molecular weight is 371 g/mol. The smallest absolute Gasteiger partial charge is 0.306 e. The van der Waals surface area contributed by atoms with Crippen molar-refractivity contribution in [3.63, 3.8) is 0 Å². The highest BCUT2D eigenvalue weighted by atomic mass is 16.5. The predicted molar refractivity (Wildman–Crippen MR) is 98.3 cm³/mol. The largest absolute Gasteiger partial charge is 0.462 e. The quantitative estimate of drug-likeness (QED) is 0.451. The van der Waals surface area contributed by atoms with Gasteiger partial charge < -0.3 is 10.1 Å². The zero-order valence-electron chi connectivity index (χ0n) is 15.5. The van der Waals surface area contributed by atoms with Crippen LogP contribution < -0.4 is 5.32 Å². The molecule has 0 radical (unpaired) electrons. The standard InChI is InChI=1S/C20H25N3O4/c1-23(14-21)20(26)17(22-19(25)15-8-4-2-5-9-15)12-13-18(24)27-16-10-6-3-7-11-16/h2,4-5,8-9,16-17H,3,6-7,10-13H2,1H3,(H,22,25)/t17-/m0/s1. The first kappa shape index (κ1) is 20.4. The molecule has 0 aliphatic heterocycles. The summed E-state index contributed by atoms with van der Waals surface area (Å²) in [7, 11) is 1.32. The number of nitrogens with one attached hydrogen (secondary N) is 1. The first-order valence-corrected chi connectivity index (χ1v) is 9.24. The number of carbonyl (C=O) groups is 3. The first-order valence-electron chi connectivity index (χ1n) is 9.24. The van der Waals surface area contributed by atoms with Crippen LogP contribution in [0, 0.1) is 11.5 Å². The van der Waals surface area contributed by atoms with Crippen molar-refractivity contribution in [1.82, 2.24) is 10.2 Å². The van der Waals surface area contributed by atoms with Crippen LogP contribution in [0.2, 0.25) is 0 Å². The maximum absolute atomic E-state index is 12.4. The maximum Gasteiger partial charge on any atom is 0.306 e. The van der Waals surface area contributed by atoms with Gasteiger partial charge in [0, 0.05) is 19.0 Å². The maximum atomic E-state index is 12.4. The first-order chi connectivity index (χ1) is 13.0. The molecule has 1 N–H and O–H groups in total. The number of ether oxygens (including phenoxy) is 1. The molecule has 0 aromatic heterocycles. The Morgan fingerprint density at radius 2 is 1.89 bits per heavy atom. The Morgan fingerprint density at radius 3 is 2.52 bits per heavy atom. The van der Waals surface area contributed by atoms with E-state index in [-0.39, 0.29) is 24.9 Å². The number of benzene rings is 1. The summed E-state index contributed by atoms with van der Waals surface area (Å²) < 4.78 is 5.46. The molecule has 0 unspecified atom stereocenters. The molecule has 0 heterocycles. The highest BCUT2D eigenvalue weighted by molar-refractivity contribution is 5.97. The van der Waals surface area contributed by atoms with Gasteiger partial charge in [0.25, 0.3) is 11.8 Å². The summed E-state index contributed by atoms with van der Waals surface area (Å²) in [5.74, 6) is -1.37. The fraction of sp³-hybridized carbons (Fsp3) is 0.500. The van der Waals surface area contributed by atoms with E-state index in [1.807, 2.05) is 0 Å². The molecule has 1 aromatic carbocycles. The zero-order chi connectivity index (χ0) is 19.6.